The number of hydrogen-bond acceptors (Lipinski definition) is 4. The zero-order valence-electron chi connectivity index (χ0n) is 12.1. The molecule has 1 aliphatic carbocycles. The van der Waals surface area contributed by atoms with Crippen LogP contribution in [0, 0.1) is 12.8 Å². The molecular weight excluding hydrogens is 350 g/mol. The first-order valence-electron chi connectivity index (χ1n) is 7.18. The van der Waals surface area contributed by atoms with E-state index in [-0.39, 0.29) is 5.76 Å². The van der Waals surface area contributed by atoms with E-state index in [1.54, 1.807) is 0 Å². The van der Waals surface area contributed by atoms with Crippen LogP contribution in [0.4, 0.5) is 0 Å². The van der Waals surface area contributed by atoms with Gasteiger partial charge in [-0.1, -0.05) is 11.6 Å². The van der Waals surface area contributed by atoms with E-state index in [9.17, 15) is 4.79 Å². The smallest absolute Gasteiger partial charge is 0.374 e. The number of carbonyl (C=O) groups is 1. The van der Waals surface area contributed by atoms with E-state index in [0.29, 0.717) is 24.0 Å². The Morgan fingerprint density at radius 1 is 1.45 bits per heavy atom. The Morgan fingerprint density at radius 3 is 2.82 bits per heavy atom. The van der Waals surface area contributed by atoms with Gasteiger partial charge in [-0.25, -0.2) is 4.79 Å². The van der Waals surface area contributed by atoms with E-state index in [1.165, 1.54) is 25.3 Å². The van der Waals surface area contributed by atoms with Gasteiger partial charge in [-0.2, -0.15) is 0 Å². The van der Waals surface area contributed by atoms with Gasteiger partial charge < -0.3 is 14.4 Å². The van der Waals surface area contributed by atoms with Crippen molar-refractivity contribution < 1.29 is 19.2 Å². The van der Waals surface area contributed by atoms with Gasteiger partial charge in [0.1, 0.15) is 11.4 Å². The standard InChI is InChI=1S/C16H16BrNO4/c1-9-5-11(13-7-14(16(19)20)22-18-13)15(12(17)6-9)21-8-10-3-2-4-10/h5-7,10H,2-4,8H2,1H3,(H,19,20). The first kappa shape index (κ1) is 15.1. The van der Waals surface area contributed by atoms with Crippen LogP contribution in [0.5, 0.6) is 5.75 Å². The highest BCUT2D eigenvalue weighted by Crippen LogP contribution is 2.38. The van der Waals surface area contributed by atoms with Gasteiger partial charge in [0, 0.05) is 11.6 Å². The second-order valence-electron chi connectivity index (χ2n) is 5.61. The number of carboxylic acids is 1. The zero-order chi connectivity index (χ0) is 15.7. The van der Waals surface area contributed by atoms with Crippen LogP contribution >= 0.6 is 15.9 Å². The average molecular weight is 366 g/mol. The number of aromatic carboxylic acids is 1. The molecule has 0 amide bonds. The summed E-state index contributed by atoms with van der Waals surface area (Å²) in [6.45, 7) is 2.63. The summed E-state index contributed by atoms with van der Waals surface area (Å²) < 4.78 is 11.7. The summed E-state index contributed by atoms with van der Waals surface area (Å²) in [6, 6.07) is 5.31. The number of aromatic nitrogens is 1. The molecule has 0 saturated heterocycles. The fraction of sp³-hybridized carbons (Fsp3) is 0.375. The number of aryl methyl sites for hydroxylation is 1. The molecule has 1 aromatic heterocycles. The van der Waals surface area contributed by atoms with Crippen LogP contribution in [0.15, 0.2) is 27.2 Å². The Morgan fingerprint density at radius 2 is 2.23 bits per heavy atom. The van der Waals surface area contributed by atoms with Crippen molar-refractivity contribution >= 4 is 21.9 Å². The van der Waals surface area contributed by atoms with Crippen molar-refractivity contribution in [3.8, 4) is 17.0 Å². The Kier molecular flexibility index (Phi) is 4.20. The minimum atomic E-state index is -1.14. The number of benzene rings is 1. The van der Waals surface area contributed by atoms with Crippen molar-refractivity contribution in [2.24, 2.45) is 5.92 Å². The summed E-state index contributed by atoms with van der Waals surface area (Å²) in [4.78, 5) is 11.0. The number of carboxylic acid groups (broad SMARTS) is 1. The van der Waals surface area contributed by atoms with Crippen LogP contribution in [0.1, 0.15) is 35.4 Å². The average Bonchev–Trinajstić information content (AvgIpc) is 2.88. The van der Waals surface area contributed by atoms with Crippen molar-refractivity contribution in [2.75, 3.05) is 6.61 Å². The van der Waals surface area contributed by atoms with Gasteiger partial charge in [0.25, 0.3) is 0 Å². The van der Waals surface area contributed by atoms with Crippen LogP contribution in [0.3, 0.4) is 0 Å². The molecule has 0 aliphatic heterocycles. The lowest BCUT2D eigenvalue weighted by Crippen LogP contribution is -2.19. The van der Waals surface area contributed by atoms with Crippen LogP contribution in [0.2, 0.25) is 0 Å². The molecule has 0 unspecified atom stereocenters. The third-order valence-corrected chi connectivity index (χ3v) is 4.46. The van der Waals surface area contributed by atoms with Gasteiger partial charge in [0.15, 0.2) is 0 Å². The topological polar surface area (TPSA) is 72.6 Å². The predicted molar refractivity (Wildman–Crippen MR) is 84.2 cm³/mol. The van der Waals surface area contributed by atoms with Crippen LogP contribution in [-0.4, -0.2) is 22.8 Å². The molecule has 0 atom stereocenters. The minimum absolute atomic E-state index is 0.183. The van der Waals surface area contributed by atoms with Crippen LogP contribution < -0.4 is 4.74 Å². The maximum absolute atomic E-state index is 11.0. The number of nitrogens with zero attached hydrogens (tertiary/aromatic N) is 1. The summed E-state index contributed by atoms with van der Waals surface area (Å²) in [6.07, 6.45) is 3.67. The summed E-state index contributed by atoms with van der Waals surface area (Å²) in [7, 11) is 0. The SMILES string of the molecule is Cc1cc(Br)c(OCC2CCC2)c(-c2cc(C(=O)O)on2)c1. The molecule has 22 heavy (non-hydrogen) atoms. The number of halogens is 1. The highest BCUT2D eigenvalue weighted by Gasteiger charge is 2.22. The van der Waals surface area contributed by atoms with Gasteiger partial charge >= 0.3 is 5.97 Å². The molecule has 1 aromatic carbocycles. The van der Waals surface area contributed by atoms with E-state index in [0.717, 1.165) is 15.6 Å². The van der Waals surface area contributed by atoms with Gasteiger partial charge in [-0.15, -0.1) is 0 Å². The van der Waals surface area contributed by atoms with Crippen molar-refractivity contribution in [3.05, 3.63) is 34.0 Å². The lowest BCUT2D eigenvalue weighted by atomic mass is 9.86. The minimum Gasteiger partial charge on any atom is -0.491 e. The molecular formula is C16H16BrNO4. The first-order chi connectivity index (χ1) is 10.5. The molecule has 5 nitrogen and oxygen atoms in total. The maximum Gasteiger partial charge on any atom is 0.374 e. The Labute approximate surface area is 136 Å². The predicted octanol–water partition coefficient (Wildman–Crippen LogP) is 4.29. The lowest BCUT2D eigenvalue weighted by molar-refractivity contribution is 0.0652. The highest BCUT2D eigenvalue weighted by atomic mass is 79.9. The molecule has 116 valence electrons. The number of ether oxygens (including phenoxy) is 1. The zero-order valence-corrected chi connectivity index (χ0v) is 13.7. The van der Waals surface area contributed by atoms with E-state index in [1.807, 2.05) is 19.1 Å². The van der Waals surface area contributed by atoms with Crippen LogP contribution in [0.25, 0.3) is 11.3 Å². The Bertz CT molecular complexity index is 706. The largest absolute Gasteiger partial charge is 0.491 e. The third-order valence-electron chi connectivity index (χ3n) is 3.87. The van der Waals surface area contributed by atoms with Crippen molar-refractivity contribution in [3.63, 3.8) is 0 Å². The van der Waals surface area contributed by atoms with E-state index in [4.69, 9.17) is 14.4 Å². The molecule has 0 bridgehead atoms. The van der Waals surface area contributed by atoms with E-state index < -0.39 is 5.97 Å². The van der Waals surface area contributed by atoms with Crippen molar-refractivity contribution in [2.45, 2.75) is 26.2 Å². The highest BCUT2D eigenvalue weighted by molar-refractivity contribution is 9.10. The summed E-state index contributed by atoms with van der Waals surface area (Å²) in [5, 5.41) is 12.8. The molecule has 2 aromatic rings. The summed E-state index contributed by atoms with van der Waals surface area (Å²) in [5.41, 5.74) is 2.23. The molecule has 1 aliphatic rings. The molecule has 6 heteroatoms. The fourth-order valence-electron chi connectivity index (χ4n) is 2.43. The molecule has 3 rings (SSSR count). The number of hydrogen-bond donors (Lipinski definition) is 1. The Hall–Kier alpha value is -1.82. The van der Waals surface area contributed by atoms with Crippen LogP contribution in [-0.2, 0) is 0 Å². The monoisotopic (exact) mass is 365 g/mol. The normalized spacial score (nSPS) is 14.6. The van der Waals surface area contributed by atoms with E-state index in [2.05, 4.69) is 21.1 Å². The molecule has 1 saturated carbocycles. The van der Waals surface area contributed by atoms with Gasteiger partial charge in [0.05, 0.1) is 11.1 Å². The third kappa shape index (κ3) is 3.02. The van der Waals surface area contributed by atoms with Gasteiger partial charge in [-0.05, 0) is 59.3 Å². The lowest BCUT2D eigenvalue weighted by Gasteiger charge is -2.26. The summed E-state index contributed by atoms with van der Waals surface area (Å²) in [5.74, 6) is -0.0318. The molecule has 1 heterocycles. The molecule has 0 radical (unpaired) electrons. The second-order valence-corrected chi connectivity index (χ2v) is 6.47. The number of rotatable bonds is 5. The van der Waals surface area contributed by atoms with Gasteiger partial charge in [0.2, 0.25) is 5.76 Å². The molecule has 1 fully saturated rings. The van der Waals surface area contributed by atoms with Crippen molar-refractivity contribution in [1.82, 2.24) is 5.16 Å². The Balaban J connectivity index is 1.94. The quantitative estimate of drug-likeness (QED) is 0.855. The fourth-order valence-corrected chi connectivity index (χ4v) is 3.12. The first-order valence-corrected chi connectivity index (χ1v) is 7.97. The second kappa shape index (κ2) is 6.12. The summed E-state index contributed by atoms with van der Waals surface area (Å²) >= 11 is 3.52. The van der Waals surface area contributed by atoms with Gasteiger partial charge in [-0.3, -0.25) is 0 Å². The maximum atomic E-state index is 11.0. The molecule has 1 N–H and O–H groups in total. The molecule has 0 spiro atoms. The van der Waals surface area contributed by atoms with E-state index >= 15 is 0 Å². The van der Waals surface area contributed by atoms with Crippen molar-refractivity contribution in [1.29, 1.82) is 0 Å².